The molecule has 0 atom stereocenters. The number of ketones is 2. The molecule has 0 saturated carbocycles. The number of anilines is 1. The Hall–Kier alpha value is -3.23. The van der Waals surface area contributed by atoms with Gasteiger partial charge in [0.2, 0.25) is 11.5 Å². The van der Waals surface area contributed by atoms with Gasteiger partial charge in [0.25, 0.3) is 10.0 Å². The molecule has 1 aromatic heterocycles. The Morgan fingerprint density at radius 3 is 2.33 bits per heavy atom. The third kappa shape index (κ3) is 4.34. The molecule has 1 N–H and O–H groups in total. The number of Topliss-reactive ketones (excluding diaryl/α,β-unsaturated/α-hetero) is 1. The SMILES string of the molecule is CC(=O)c1ccc(S(=O)(=O)Nc2ccc(Cl)cc2C(=O)c2ccc[n+]([O-])c2C)cc1. The predicted octanol–water partition coefficient (Wildman–Crippen LogP) is 3.52. The summed E-state index contributed by atoms with van der Waals surface area (Å²) in [5.74, 6) is -0.740. The highest BCUT2D eigenvalue weighted by Crippen LogP contribution is 2.26. The van der Waals surface area contributed by atoms with Crippen LogP contribution in [0.1, 0.15) is 38.9 Å². The third-order valence-electron chi connectivity index (χ3n) is 4.49. The summed E-state index contributed by atoms with van der Waals surface area (Å²) in [4.78, 5) is 24.4. The van der Waals surface area contributed by atoms with Gasteiger partial charge in [0.05, 0.1) is 16.1 Å². The van der Waals surface area contributed by atoms with Crippen LogP contribution >= 0.6 is 11.6 Å². The van der Waals surface area contributed by atoms with Gasteiger partial charge in [-0.15, -0.1) is 0 Å². The minimum Gasteiger partial charge on any atom is -0.618 e. The van der Waals surface area contributed by atoms with Crippen molar-refractivity contribution in [2.24, 2.45) is 0 Å². The van der Waals surface area contributed by atoms with Crippen LogP contribution in [0.2, 0.25) is 5.02 Å². The van der Waals surface area contributed by atoms with E-state index in [-0.39, 0.29) is 38.2 Å². The zero-order valence-electron chi connectivity index (χ0n) is 16.0. The molecule has 0 bridgehead atoms. The van der Waals surface area contributed by atoms with Gasteiger partial charge in [-0.2, -0.15) is 4.73 Å². The maximum Gasteiger partial charge on any atom is 0.261 e. The Morgan fingerprint density at radius 1 is 1.03 bits per heavy atom. The molecule has 0 unspecified atom stereocenters. The van der Waals surface area contributed by atoms with Gasteiger partial charge in [-0.3, -0.25) is 14.3 Å². The van der Waals surface area contributed by atoms with E-state index in [1.807, 2.05) is 0 Å². The monoisotopic (exact) mass is 444 g/mol. The number of hydrogen-bond acceptors (Lipinski definition) is 5. The van der Waals surface area contributed by atoms with Crippen LogP contribution in [-0.2, 0) is 10.0 Å². The van der Waals surface area contributed by atoms with E-state index in [0.717, 1.165) is 0 Å². The molecule has 0 fully saturated rings. The number of rotatable bonds is 6. The van der Waals surface area contributed by atoms with Crippen molar-refractivity contribution in [1.82, 2.24) is 0 Å². The fourth-order valence-electron chi connectivity index (χ4n) is 2.82. The average molecular weight is 445 g/mol. The van der Waals surface area contributed by atoms with Gasteiger partial charge in [0, 0.05) is 29.1 Å². The molecule has 0 saturated heterocycles. The minimum absolute atomic E-state index is 0.000677. The van der Waals surface area contributed by atoms with Gasteiger partial charge in [0.15, 0.2) is 12.0 Å². The summed E-state index contributed by atoms with van der Waals surface area (Å²) in [5.41, 5.74) is 0.695. The Kier molecular flexibility index (Phi) is 5.91. The summed E-state index contributed by atoms with van der Waals surface area (Å²) in [6, 6.07) is 12.5. The fourth-order valence-corrected chi connectivity index (χ4v) is 4.07. The molecule has 7 nitrogen and oxygen atoms in total. The minimum atomic E-state index is -4.05. The second-order valence-electron chi connectivity index (χ2n) is 6.54. The number of carbonyl (C=O) groups is 2. The van der Waals surface area contributed by atoms with E-state index in [0.29, 0.717) is 10.3 Å². The van der Waals surface area contributed by atoms with E-state index in [9.17, 15) is 23.2 Å². The van der Waals surface area contributed by atoms with Gasteiger partial charge < -0.3 is 5.21 Å². The lowest BCUT2D eigenvalue weighted by Gasteiger charge is -2.13. The van der Waals surface area contributed by atoms with Crippen molar-refractivity contribution in [3.63, 3.8) is 0 Å². The smallest absolute Gasteiger partial charge is 0.261 e. The first kappa shape index (κ1) is 21.5. The fraction of sp³-hybridized carbons (Fsp3) is 0.0952. The molecule has 0 spiro atoms. The molecule has 3 aromatic rings. The number of nitrogens with one attached hydrogen (secondary N) is 1. The third-order valence-corrected chi connectivity index (χ3v) is 6.11. The topological polar surface area (TPSA) is 107 Å². The normalized spacial score (nSPS) is 11.2. The van der Waals surface area contributed by atoms with Crippen molar-refractivity contribution in [3.8, 4) is 0 Å². The Morgan fingerprint density at radius 2 is 1.70 bits per heavy atom. The molecule has 0 aliphatic rings. The molecular formula is C21H17ClN2O5S. The Bertz CT molecular complexity index is 1250. The zero-order chi connectivity index (χ0) is 22.1. The molecule has 30 heavy (non-hydrogen) atoms. The molecule has 0 amide bonds. The molecule has 0 aliphatic heterocycles. The average Bonchev–Trinajstić information content (AvgIpc) is 2.71. The first-order valence-electron chi connectivity index (χ1n) is 8.77. The summed E-state index contributed by atoms with van der Waals surface area (Å²) in [5, 5.41) is 12.1. The van der Waals surface area contributed by atoms with Gasteiger partial charge in [-0.1, -0.05) is 23.7 Å². The standard InChI is InChI=1S/C21H17ClN2O5S/c1-13-18(4-3-11-24(13)27)21(26)19-12-16(22)7-10-20(19)23-30(28,29)17-8-5-15(6-9-17)14(2)25/h3-12,23H,1-2H3. The number of halogens is 1. The van der Waals surface area contributed by atoms with Crippen LogP contribution in [0, 0.1) is 12.1 Å². The molecule has 9 heteroatoms. The van der Waals surface area contributed by atoms with Crippen LogP contribution in [0.4, 0.5) is 5.69 Å². The maximum absolute atomic E-state index is 13.1. The van der Waals surface area contributed by atoms with Crippen LogP contribution in [0.15, 0.2) is 65.7 Å². The van der Waals surface area contributed by atoms with Gasteiger partial charge >= 0.3 is 0 Å². The van der Waals surface area contributed by atoms with Crippen LogP contribution in [0.3, 0.4) is 0 Å². The van der Waals surface area contributed by atoms with Crippen molar-refractivity contribution in [1.29, 1.82) is 0 Å². The van der Waals surface area contributed by atoms with Gasteiger partial charge in [-0.05, 0) is 43.3 Å². The molecule has 154 valence electrons. The van der Waals surface area contributed by atoms with Crippen LogP contribution in [0.25, 0.3) is 0 Å². The number of aromatic nitrogens is 1. The number of carbonyl (C=O) groups excluding carboxylic acids is 2. The predicted molar refractivity (Wildman–Crippen MR) is 112 cm³/mol. The van der Waals surface area contributed by atoms with E-state index in [1.165, 1.54) is 74.6 Å². The number of benzene rings is 2. The first-order valence-corrected chi connectivity index (χ1v) is 10.6. The van der Waals surface area contributed by atoms with E-state index in [2.05, 4.69) is 4.72 Å². The lowest BCUT2D eigenvalue weighted by Crippen LogP contribution is -2.31. The summed E-state index contributed by atoms with van der Waals surface area (Å²) < 4.78 is 28.6. The zero-order valence-corrected chi connectivity index (χ0v) is 17.6. The van der Waals surface area contributed by atoms with Crippen molar-refractivity contribution < 1.29 is 22.7 Å². The van der Waals surface area contributed by atoms with Crippen LogP contribution < -0.4 is 9.45 Å². The van der Waals surface area contributed by atoms with Crippen molar-refractivity contribution in [2.75, 3.05) is 4.72 Å². The van der Waals surface area contributed by atoms with Crippen LogP contribution in [0.5, 0.6) is 0 Å². The number of pyridine rings is 1. The summed E-state index contributed by atoms with van der Waals surface area (Å²) in [6.07, 6.45) is 1.26. The second-order valence-corrected chi connectivity index (χ2v) is 8.66. The molecule has 0 radical (unpaired) electrons. The highest BCUT2D eigenvalue weighted by Gasteiger charge is 2.23. The van der Waals surface area contributed by atoms with Crippen molar-refractivity contribution >= 4 is 38.9 Å². The lowest BCUT2D eigenvalue weighted by molar-refractivity contribution is -0.612. The summed E-state index contributed by atoms with van der Waals surface area (Å²) >= 11 is 6.03. The maximum atomic E-state index is 13.1. The lowest BCUT2D eigenvalue weighted by atomic mass is 10.0. The second kappa shape index (κ2) is 8.25. The van der Waals surface area contributed by atoms with Crippen LogP contribution in [-0.4, -0.2) is 20.0 Å². The molecule has 1 heterocycles. The summed E-state index contributed by atoms with van der Waals surface area (Å²) in [6.45, 7) is 2.87. The molecule has 3 rings (SSSR count). The Labute approximate surface area is 178 Å². The van der Waals surface area contributed by atoms with E-state index >= 15 is 0 Å². The number of hydrogen-bond donors (Lipinski definition) is 1. The van der Waals surface area contributed by atoms with Gasteiger partial charge in [0.1, 0.15) is 0 Å². The highest BCUT2D eigenvalue weighted by molar-refractivity contribution is 7.92. The van der Waals surface area contributed by atoms with E-state index in [4.69, 9.17) is 11.6 Å². The largest absolute Gasteiger partial charge is 0.618 e. The van der Waals surface area contributed by atoms with Crippen molar-refractivity contribution in [2.45, 2.75) is 18.7 Å². The molecule has 0 aliphatic carbocycles. The molecular weight excluding hydrogens is 428 g/mol. The van der Waals surface area contributed by atoms with Crippen molar-refractivity contribution in [3.05, 3.63) is 93.4 Å². The Balaban J connectivity index is 2.02. The van der Waals surface area contributed by atoms with E-state index in [1.54, 1.807) is 0 Å². The summed E-state index contributed by atoms with van der Waals surface area (Å²) in [7, 11) is -4.05. The number of nitrogens with zero attached hydrogens (tertiary/aromatic N) is 1. The quantitative estimate of drug-likeness (QED) is 0.355. The van der Waals surface area contributed by atoms with Gasteiger partial charge in [-0.25, -0.2) is 8.42 Å². The molecule has 2 aromatic carbocycles. The highest BCUT2D eigenvalue weighted by atomic mass is 35.5. The first-order chi connectivity index (χ1) is 14.1. The number of sulfonamides is 1. The van der Waals surface area contributed by atoms with E-state index < -0.39 is 15.8 Å².